The summed E-state index contributed by atoms with van der Waals surface area (Å²) in [6.45, 7) is 1.58. The lowest BCUT2D eigenvalue weighted by Gasteiger charge is -2.12. The van der Waals surface area contributed by atoms with Crippen LogP contribution in [0.25, 0.3) is 11.4 Å². The van der Waals surface area contributed by atoms with E-state index < -0.39 is 0 Å². The van der Waals surface area contributed by atoms with Crippen LogP contribution >= 0.6 is 23.4 Å². The van der Waals surface area contributed by atoms with E-state index in [9.17, 15) is 0 Å². The van der Waals surface area contributed by atoms with Crippen LogP contribution in [-0.4, -0.2) is 33.2 Å². The summed E-state index contributed by atoms with van der Waals surface area (Å²) < 4.78 is 7.89. The molecular weight excluding hydrogens is 366 g/mol. The lowest BCUT2D eigenvalue weighted by Crippen LogP contribution is -2.10. The third-order valence-electron chi connectivity index (χ3n) is 4.44. The predicted molar refractivity (Wildman–Crippen MR) is 106 cm³/mol. The van der Waals surface area contributed by atoms with E-state index >= 15 is 0 Å². The monoisotopic (exact) mass is 385 g/mol. The fraction of sp³-hybridized carbons (Fsp3) is 0.300. The molecule has 0 saturated carbocycles. The van der Waals surface area contributed by atoms with Crippen molar-refractivity contribution in [2.75, 3.05) is 12.4 Å². The van der Waals surface area contributed by atoms with E-state index in [0.717, 1.165) is 41.7 Å². The summed E-state index contributed by atoms with van der Waals surface area (Å²) in [4.78, 5) is 0. The van der Waals surface area contributed by atoms with Gasteiger partial charge in [-0.25, -0.2) is 0 Å². The summed E-state index contributed by atoms with van der Waals surface area (Å²) in [6.07, 6.45) is 2.58. The predicted octanol–water partition coefficient (Wildman–Crippen LogP) is 4.92. The smallest absolute Gasteiger partial charge is 0.191 e. The number of benzene rings is 2. The van der Waals surface area contributed by atoms with Crippen molar-refractivity contribution in [1.82, 2.24) is 14.8 Å². The van der Waals surface area contributed by atoms with Gasteiger partial charge in [-0.3, -0.25) is 4.57 Å². The first-order valence-corrected chi connectivity index (χ1v) is 10.1. The SMILES string of the molecule is Clc1ccccc1-c1nnc(SCC2CCCO2)n1Cc1ccccc1. The summed E-state index contributed by atoms with van der Waals surface area (Å²) in [5.41, 5.74) is 2.11. The first-order valence-electron chi connectivity index (χ1n) is 8.77. The average molecular weight is 386 g/mol. The molecule has 4 rings (SSSR count). The fourth-order valence-electron chi connectivity index (χ4n) is 3.09. The second-order valence-electron chi connectivity index (χ2n) is 6.30. The molecule has 0 radical (unpaired) electrons. The average Bonchev–Trinajstić information content (AvgIpc) is 3.32. The van der Waals surface area contributed by atoms with Crippen molar-refractivity contribution < 1.29 is 4.74 Å². The van der Waals surface area contributed by atoms with Crippen molar-refractivity contribution in [3.8, 4) is 11.4 Å². The van der Waals surface area contributed by atoms with Crippen LogP contribution in [-0.2, 0) is 11.3 Å². The van der Waals surface area contributed by atoms with Crippen LogP contribution in [0.3, 0.4) is 0 Å². The molecule has 26 heavy (non-hydrogen) atoms. The molecule has 1 saturated heterocycles. The van der Waals surface area contributed by atoms with Crippen LogP contribution in [0.5, 0.6) is 0 Å². The summed E-state index contributed by atoms with van der Waals surface area (Å²) in [6, 6.07) is 18.1. The lowest BCUT2D eigenvalue weighted by atomic mass is 10.2. The van der Waals surface area contributed by atoms with Crippen LogP contribution in [0.15, 0.2) is 59.8 Å². The van der Waals surface area contributed by atoms with E-state index in [-0.39, 0.29) is 0 Å². The minimum Gasteiger partial charge on any atom is -0.377 e. The van der Waals surface area contributed by atoms with Crippen molar-refractivity contribution in [2.45, 2.75) is 30.6 Å². The Hall–Kier alpha value is -1.82. The first-order chi connectivity index (χ1) is 12.8. The number of halogens is 1. The van der Waals surface area contributed by atoms with Crippen molar-refractivity contribution >= 4 is 23.4 Å². The third-order valence-corrected chi connectivity index (χ3v) is 5.87. The van der Waals surface area contributed by atoms with Crippen LogP contribution < -0.4 is 0 Å². The molecule has 0 N–H and O–H groups in total. The zero-order valence-electron chi connectivity index (χ0n) is 14.3. The summed E-state index contributed by atoms with van der Waals surface area (Å²) in [5, 5.41) is 10.5. The zero-order valence-corrected chi connectivity index (χ0v) is 15.9. The normalized spacial score (nSPS) is 16.9. The van der Waals surface area contributed by atoms with Crippen molar-refractivity contribution in [1.29, 1.82) is 0 Å². The van der Waals surface area contributed by atoms with E-state index in [1.54, 1.807) is 11.8 Å². The highest BCUT2D eigenvalue weighted by molar-refractivity contribution is 7.99. The third kappa shape index (κ3) is 3.95. The maximum absolute atomic E-state index is 6.42. The number of aromatic nitrogens is 3. The minimum absolute atomic E-state index is 0.311. The van der Waals surface area contributed by atoms with Crippen LogP contribution in [0.2, 0.25) is 5.02 Å². The van der Waals surface area contributed by atoms with E-state index in [2.05, 4.69) is 26.9 Å². The van der Waals surface area contributed by atoms with Gasteiger partial charge in [-0.1, -0.05) is 65.8 Å². The maximum Gasteiger partial charge on any atom is 0.191 e. The van der Waals surface area contributed by atoms with Crippen molar-refractivity contribution in [3.05, 3.63) is 65.2 Å². The maximum atomic E-state index is 6.42. The van der Waals surface area contributed by atoms with E-state index in [4.69, 9.17) is 16.3 Å². The van der Waals surface area contributed by atoms with Gasteiger partial charge in [0.1, 0.15) is 0 Å². The van der Waals surface area contributed by atoms with Gasteiger partial charge < -0.3 is 4.74 Å². The Balaban J connectivity index is 1.66. The highest BCUT2D eigenvalue weighted by atomic mass is 35.5. The van der Waals surface area contributed by atoms with Gasteiger partial charge in [-0.05, 0) is 30.5 Å². The number of hydrogen-bond acceptors (Lipinski definition) is 4. The Morgan fingerprint density at radius 3 is 2.65 bits per heavy atom. The molecule has 0 amide bonds. The molecule has 3 aromatic rings. The molecule has 2 heterocycles. The summed E-state index contributed by atoms with van der Waals surface area (Å²) >= 11 is 8.12. The van der Waals surface area contributed by atoms with Gasteiger partial charge in [0.2, 0.25) is 0 Å². The first kappa shape index (κ1) is 17.6. The Bertz CT molecular complexity index is 863. The Labute approximate surface area is 162 Å². The highest BCUT2D eigenvalue weighted by Gasteiger charge is 2.20. The standard InChI is InChI=1S/C20H20ClN3OS/c21-18-11-5-4-10-17(18)19-22-23-20(26-14-16-9-6-12-25-16)24(19)13-15-7-2-1-3-8-15/h1-5,7-8,10-11,16H,6,9,12-14H2. The molecule has 4 nitrogen and oxygen atoms in total. The second-order valence-corrected chi connectivity index (χ2v) is 7.70. The van der Waals surface area contributed by atoms with Gasteiger partial charge >= 0.3 is 0 Å². The topological polar surface area (TPSA) is 39.9 Å². The minimum atomic E-state index is 0.311. The van der Waals surface area contributed by atoms with Gasteiger partial charge in [0.25, 0.3) is 0 Å². The number of rotatable bonds is 6. The van der Waals surface area contributed by atoms with Gasteiger partial charge in [-0.2, -0.15) is 0 Å². The number of thioether (sulfide) groups is 1. The van der Waals surface area contributed by atoms with Crippen LogP contribution in [0, 0.1) is 0 Å². The molecule has 1 fully saturated rings. The van der Waals surface area contributed by atoms with E-state index in [0.29, 0.717) is 17.7 Å². The van der Waals surface area contributed by atoms with Gasteiger partial charge in [0.05, 0.1) is 17.7 Å². The van der Waals surface area contributed by atoms with Crippen molar-refractivity contribution in [2.24, 2.45) is 0 Å². The Morgan fingerprint density at radius 1 is 1.08 bits per heavy atom. The number of hydrogen-bond donors (Lipinski definition) is 0. The lowest BCUT2D eigenvalue weighted by molar-refractivity contribution is 0.129. The number of ether oxygens (including phenoxy) is 1. The largest absolute Gasteiger partial charge is 0.377 e. The molecule has 134 valence electrons. The molecule has 1 atom stereocenters. The summed E-state index contributed by atoms with van der Waals surface area (Å²) in [5.74, 6) is 1.70. The van der Waals surface area contributed by atoms with E-state index in [1.807, 2.05) is 42.5 Å². The summed E-state index contributed by atoms with van der Waals surface area (Å²) in [7, 11) is 0. The van der Waals surface area contributed by atoms with Gasteiger partial charge in [0, 0.05) is 17.9 Å². The molecule has 0 bridgehead atoms. The second kappa shape index (κ2) is 8.25. The Morgan fingerprint density at radius 2 is 1.88 bits per heavy atom. The van der Waals surface area contributed by atoms with Gasteiger partial charge in [-0.15, -0.1) is 10.2 Å². The fourth-order valence-corrected chi connectivity index (χ4v) is 4.31. The molecule has 1 aliphatic rings. The molecule has 0 spiro atoms. The van der Waals surface area contributed by atoms with Crippen LogP contribution in [0.4, 0.5) is 0 Å². The van der Waals surface area contributed by atoms with E-state index in [1.165, 1.54) is 5.56 Å². The molecule has 2 aromatic carbocycles. The molecule has 1 aliphatic heterocycles. The molecular formula is C20H20ClN3OS. The Kier molecular flexibility index (Phi) is 5.58. The molecule has 1 aromatic heterocycles. The number of nitrogens with zero attached hydrogens (tertiary/aromatic N) is 3. The highest BCUT2D eigenvalue weighted by Crippen LogP contribution is 2.31. The quantitative estimate of drug-likeness (QED) is 0.565. The zero-order chi connectivity index (χ0) is 17.8. The molecule has 1 unspecified atom stereocenters. The molecule has 6 heteroatoms. The van der Waals surface area contributed by atoms with Crippen molar-refractivity contribution in [3.63, 3.8) is 0 Å². The van der Waals surface area contributed by atoms with Crippen LogP contribution in [0.1, 0.15) is 18.4 Å². The molecule has 0 aliphatic carbocycles. The van der Waals surface area contributed by atoms with Gasteiger partial charge in [0.15, 0.2) is 11.0 Å².